The van der Waals surface area contributed by atoms with E-state index >= 15 is 0 Å². The largest absolute Gasteiger partial charge is 0.350 e. The molecule has 0 spiro atoms. The Bertz CT molecular complexity index is 620. The zero-order chi connectivity index (χ0) is 12.9. The molecule has 0 atom stereocenters. The van der Waals surface area contributed by atoms with Gasteiger partial charge in [0.1, 0.15) is 0 Å². The molecule has 0 aliphatic carbocycles. The molecule has 19 heavy (non-hydrogen) atoms. The molecule has 3 aromatic rings. The van der Waals surface area contributed by atoms with Gasteiger partial charge in [-0.1, -0.05) is 6.07 Å². The van der Waals surface area contributed by atoms with Gasteiger partial charge in [-0.25, -0.2) is 9.97 Å². The molecule has 0 aliphatic heterocycles. The van der Waals surface area contributed by atoms with Crippen molar-refractivity contribution in [3.63, 3.8) is 0 Å². The summed E-state index contributed by atoms with van der Waals surface area (Å²) < 4.78 is 0. The van der Waals surface area contributed by atoms with Crippen LogP contribution in [0.25, 0.3) is 10.4 Å². The third-order valence-electron chi connectivity index (χ3n) is 2.66. The minimum atomic E-state index is 0.636. The smallest absolute Gasteiger partial charge is 0.222 e. The Morgan fingerprint density at radius 3 is 2.53 bits per heavy atom. The van der Waals surface area contributed by atoms with Crippen LogP contribution in [0.3, 0.4) is 0 Å². The van der Waals surface area contributed by atoms with Gasteiger partial charge < -0.3 is 5.32 Å². The number of pyridine rings is 1. The molecule has 0 aromatic carbocycles. The SMILES string of the molecule is c1csc(-c2cnc(NCc3ccncc3)nc2)c1. The first kappa shape index (κ1) is 11.8. The van der Waals surface area contributed by atoms with E-state index in [0.717, 1.165) is 11.1 Å². The van der Waals surface area contributed by atoms with Gasteiger partial charge in [0.15, 0.2) is 0 Å². The summed E-state index contributed by atoms with van der Waals surface area (Å²) in [6, 6.07) is 8.02. The quantitative estimate of drug-likeness (QED) is 0.789. The molecule has 0 saturated heterocycles. The van der Waals surface area contributed by atoms with Crippen LogP contribution in [0.5, 0.6) is 0 Å². The molecule has 0 saturated carbocycles. The van der Waals surface area contributed by atoms with Crippen molar-refractivity contribution in [2.24, 2.45) is 0 Å². The molecule has 0 aliphatic rings. The summed E-state index contributed by atoms with van der Waals surface area (Å²) in [4.78, 5) is 13.8. The Labute approximate surface area is 115 Å². The van der Waals surface area contributed by atoms with Gasteiger partial charge in [0, 0.05) is 41.8 Å². The topological polar surface area (TPSA) is 50.7 Å². The maximum Gasteiger partial charge on any atom is 0.222 e. The monoisotopic (exact) mass is 268 g/mol. The van der Waals surface area contributed by atoms with Gasteiger partial charge >= 0.3 is 0 Å². The maximum atomic E-state index is 4.32. The number of thiophene rings is 1. The lowest BCUT2D eigenvalue weighted by atomic mass is 10.3. The fraction of sp³-hybridized carbons (Fsp3) is 0.0714. The van der Waals surface area contributed by atoms with Crippen LogP contribution >= 0.6 is 11.3 Å². The first-order valence-corrected chi connectivity index (χ1v) is 6.78. The van der Waals surface area contributed by atoms with Crippen molar-refractivity contribution in [1.29, 1.82) is 0 Å². The zero-order valence-corrected chi connectivity index (χ0v) is 11.0. The van der Waals surface area contributed by atoms with E-state index in [9.17, 15) is 0 Å². The molecule has 1 N–H and O–H groups in total. The van der Waals surface area contributed by atoms with E-state index in [4.69, 9.17) is 0 Å². The van der Waals surface area contributed by atoms with Gasteiger partial charge in [0.05, 0.1) is 0 Å². The maximum absolute atomic E-state index is 4.32. The van der Waals surface area contributed by atoms with E-state index in [1.807, 2.05) is 36.0 Å². The molecule has 3 heterocycles. The second kappa shape index (κ2) is 5.58. The molecule has 0 bridgehead atoms. The van der Waals surface area contributed by atoms with Crippen molar-refractivity contribution >= 4 is 17.3 Å². The minimum absolute atomic E-state index is 0.636. The number of anilines is 1. The van der Waals surface area contributed by atoms with E-state index in [-0.39, 0.29) is 0 Å². The highest BCUT2D eigenvalue weighted by Crippen LogP contribution is 2.23. The standard InChI is InChI=1S/C14H12N4S/c1-2-13(19-7-1)12-9-17-14(18-10-12)16-8-11-3-5-15-6-4-11/h1-7,9-10H,8H2,(H,16,17,18). The third-order valence-corrected chi connectivity index (χ3v) is 3.58. The highest BCUT2D eigenvalue weighted by molar-refractivity contribution is 7.13. The molecule has 3 aromatic heterocycles. The zero-order valence-electron chi connectivity index (χ0n) is 10.2. The first-order chi connectivity index (χ1) is 9.42. The van der Waals surface area contributed by atoms with Crippen LogP contribution in [0.15, 0.2) is 54.4 Å². The van der Waals surface area contributed by atoms with Crippen LogP contribution in [0.4, 0.5) is 5.95 Å². The van der Waals surface area contributed by atoms with E-state index in [1.165, 1.54) is 4.88 Å². The van der Waals surface area contributed by atoms with Crippen LogP contribution in [0.1, 0.15) is 5.56 Å². The fourth-order valence-electron chi connectivity index (χ4n) is 1.67. The van der Waals surface area contributed by atoms with E-state index < -0.39 is 0 Å². The highest BCUT2D eigenvalue weighted by Gasteiger charge is 2.01. The fourth-order valence-corrected chi connectivity index (χ4v) is 2.37. The number of nitrogens with zero attached hydrogens (tertiary/aromatic N) is 3. The van der Waals surface area contributed by atoms with Gasteiger partial charge in [-0.3, -0.25) is 4.98 Å². The second-order valence-corrected chi connectivity index (χ2v) is 4.93. The summed E-state index contributed by atoms with van der Waals surface area (Å²) in [7, 11) is 0. The Morgan fingerprint density at radius 1 is 1.05 bits per heavy atom. The Hall–Kier alpha value is -2.27. The number of nitrogens with one attached hydrogen (secondary N) is 1. The molecular formula is C14H12N4S. The number of hydrogen-bond donors (Lipinski definition) is 1. The lowest BCUT2D eigenvalue weighted by Gasteiger charge is -2.04. The highest BCUT2D eigenvalue weighted by atomic mass is 32.1. The average Bonchev–Trinajstić information content (AvgIpc) is 3.01. The summed E-state index contributed by atoms with van der Waals surface area (Å²) in [5, 5.41) is 5.23. The lowest BCUT2D eigenvalue weighted by Crippen LogP contribution is -2.03. The van der Waals surface area contributed by atoms with Crippen LogP contribution in [-0.4, -0.2) is 15.0 Å². The summed E-state index contributed by atoms with van der Waals surface area (Å²) >= 11 is 1.68. The first-order valence-electron chi connectivity index (χ1n) is 5.90. The van der Waals surface area contributed by atoms with Gasteiger partial charge in [-0.15, -0.1) is 11.3 Å². The van der Waals surface area contributed by atoms with Gasteiger partial charge in [0.25, 0.3) is 0 Å². The van der Waals surface area contributed by atoms with Crippen molar-refractivity contribution in [3.8, 4) is 10.4 Å². The second-order valence-electron chi connectivity index (χ2n) is 3.98. The van der Waals surface area contributed by atoms with Gasteiger partial charge in [-0.2, -0.15) is 0 Å². The molecule has 0 fully saturated rings. The predicted molar refractivity (Wildman–Crippen MR) is 76.9 cm³/mol. The van der Waals surface area contributed by atoms with E-state index in [0.29, 0.717) is 12.5 Å². The lowest BCUT2D eigenvalue weighted by molar-refractivity contribution is 1.05. The molecule has 0 radical (unpaired) electrons. The molecule has 4 nitrogen and oxygen atoms in total. The molecule has 5 heteroatoms. The summed E-state index contributed by atoms with van der Waals surface area (Å²) in [5.74, 6) is 0.636. The van der Waals surface area contributed by atoms with Crippen molar-refractivity contribution in [1.82, 2.24) is 15.0 Å². The molecular weight excluding hydrogens is 256 g/mol. The van der Waals surface area contributed by atoms with E-state index in [2.05, 4.69) is 26.3 Å². The minimum Gasteiger partial charge on any atom is -0.350 e. The molecule has 94 valence electrons. The van der Waals surface area contributed by atoms with Gasteiger partial charge in [-0.05, 0) is 29.1 Å². The third kappa shape index (κ3) is 2.95. The Morgan fingerprint density at radius 2 is 1.84 bits per heavy atom. The van der Waals surface area contributed by atoms with Crippen molar-refractivity contribution in [2.75, 3.05) is 5.32 Å². The summed E-state index contributed by atoms with van der Waals surface area (Å²) in [5.41, 5.74) is 2.20. The Kier molecular flexibility index (Phi) is 3.47. The van der Waals surface area contributed by atoms with Crippen LogP contribution < -0.4 is 5.32 Å². The number of aromatic nitrogens is 3. The van der Waals surface area contributed by atoms with Crippen molar-refractivity contribution in [3.05, 3.63) is 60.0 Å². The van der Waals surface area contributed by atoms with Crippen LogP contribution in [-0.2, 0) is 6.54 Å². The van der Waals surface area contributed by atoms with Crippen LogP contribution in [0.2, 0.25) is 0 Å². The normalized spacial score (nSPS) is 10.3. The van der Waals surface area contributed by atoms with E-state index in [1.54, 1.807) is 23.7 Å². The van der Waals surface area contributed by atoms with Gasteiger partial charge in [0.2, 0.25) is 5.95 Å². The predicted octanol–water partition coefficient (Wildman–Crippen LogP) is 3.21. The summed E-state index contributed by atoms with van der Waals surface area (Å²) in [6.45, 7) is 0.695. The molecule has 0 unspecified atom stereocenters. The molecule has 3 rings (SSSR count). The van der Waals surface area contributed by atoms with Crippen LogP contribution in [0, 0.1) is 0 Å². The van der Waals surface area contributed by atoms with Crippen molar-refractivity contribution < 1.29 is 0 Å². The average molecular weight is 268 g/mol. The number of hydrogen-bond acceptors (Lipinski definition) is 5. The number of rotatable bonds is 4. The molecule has 0 amide bonds. The Balaban J connectivity index is 1.67. The van der Waals surface area contributed by atoms with Crippen molar-refractivity contribution in [2.45, 2.75) is 6.54 Å². The summed E-state index contributed by atoms with van der Waals surface area (Å²) in [6.07, 6.45) is 7.23.